The van der Waals surface area contributed by atoms with Crippen molar-refractivity contribution in [2.45, 2.75) is 6.18 Å². The second kappa shape index (κ2) is 6.80. The number of benzene rings is 3. The Labute approximate surface area is 178 Å². The van der Waals surface area contributed by atoms with Crippen LogP contribution in [0.2, 0.25) is 0 Å². The molecule has 1 heterocycles. The van der Waals surface area contributed by atoms with Crippen LogP contribution >= 0.6 is 11.3 Å². The van der Waals surface area contributed by atoms with Crippen molar-refractivity contribution in [3.63, 3.8) is 0 Å². The van der Waals surface area contributed by atoms with Gasteiger partial charge in [0, 0.05) is 5.57 Å². The third-order valence-corrected chi connectivity index (χ3v) is 6.25. The molecule has 7 heteroatoms. The van der Waals surface area contributed by atoms with Gasteiger partial charge in [-0.3, -0.25) is 0 Å². The van der Waals surface area contributed by atoms with E-state index in [1.165, 1.54) is 17.4 Å². The van der Waals surface area contributed by atoms with Crippen LogP contribution in [0.25, 0.3) is 32.5 Å². The Morgan fingerprint density at radius 3 is 2.26 bits per heavy atom. The van der Waals surface area contributed by atoms with Gasteiger partial charge in [0.25, 0.3) is 0 Å². The maximum absolute atomic E-state index is 13.4. The smallest absolute Gasteiger partial charge is 0.235 e. The summed E-state index contributed by atoms with van der Waals surface area (Å²) in [4.78, 5) is 4.57. The fraction of sp³-hybridized carbons (Fsp3) is 0.0417. The van der Waals surface area contributed by atoms with Crippen LogP contribution in [-0.4, -0.2) is 4.98 Å². The lowest BCUT2D eigenvalue weighted by atomic mass is 9.98. The number of para-hydroxylation sites is 1. The predicted octanol–water partition coefficient (Wildman–Crippen LogP) is 6.65. The lowest BCUT2D eigenvalue weighted by Gasteiger charge is -2.09. The van der Waals surface area contributed by atoms with Gasteiger partial charge in [-0.15, -0.1) is 11.3 Å². The maximum atomic E-state index is 13.4. The van der Waals surface area contributed by atoms with Gasteiger partial charge >= 0.3 is 6.18 Å². The first kappa shape index (κ1) is 19.0. The molecule has 0 atom stereocenters. The van der Waals surface area contributed by atoms with Crippen molar-refractivity contribution < 1.29 is 13.2 Å². The van der Waals surface area contributed by atoms with Gasteiger partial charge in [-0.2, -0.15) is 23.7 Å². The summed E-state index contributed by atoms with van der Waals surface area (Å²) in [5.74, 6) is 0. The van der Waals surface area contributed by atoms with Gasteiger partial charge in [-0.05, 0) is 58.7 Å². The molecule has 1 aromatic heterocycles. The summed E-state index contributed by atoms with van der Waals surface area (Å²) in [6.45, 7) is 0. The van der Waals surface area contributed by atoms with Gasteiger partial charge in [0.1, 0.15) is 11.1 Å². The molecule has 0 amide bonds. The zero-order valence-corrected chi connectivity index (χ0v) is 16.5. The first-order valence-corrected chi connectivity index (χ1v) is 9.99. The number of thiazole rings is 1. The molecule has 0 spiro atoms. The topological polar surface area (TPSA) is 60.5 Å². The van der Waals surface area contributed by atoms with Crippen LogP contribution in [-0.2, 0) is 6.18 Å². The summed E-state index contributed by atoms with van der Waals surface area (Å²) >= 11 is 1.36. The number of hydrogen-bond acceptors (Lipinski definition) is 4. The first-order chi connectivity index (χ1) is 14.9. The number of aromatic nitrogens is 1. The fourth-order valence-corrected chi connectivity index (χ4v) is 4.79. The van der Waals surface area contributed by atoms with Crippen LogP contribution in [0, 0.1) is 22.7 Å². The first-order valence-electron chi connectivity index (χ1n) is 9.17. The summed E-state index contributed by atoms with van der Waals surface area (Å²) in [6.07, 6.45) is -4.50. The zero-order valence-electron chi connectivity index (χ0n) is 15.7. The van der Waals surface area contributed by atoms with Crippen molar-refractivity contribution in [3.05, 3.63) is 87.9 Å². The highest BCUT2D eigenvalue weighted by Gasteiger charge is 2.34. The lowest BCUT2D eigenvalue weighted by Crippen LogP contribution is -2.04. The van der Waals surface area contributed by atoms with E-state index >= 15 is 0 Å². The molecule has 0 saturated heterocycles. The van der Waals surface area contributed by atoms with E-state index in [2.05, 4.69) is 11.1 Å². The Bertz CT molecular complexity index is 1460. The number of nitrogens with zero attached hydrogens (tertiary/aromatic N) is 3. The van der Waals surface area contributed by atoms with Gasteiger partial charge in [0.05, 0.1) is 33.0 Å². The van der Waals surface area contributed by atoms with E-state index in [1.807, 2.05) is 30.3 Å². The second-order valence-electron chi connectivity index (χ2n) is 6.98. The van der Waals surface area contributed by atoms with E-state index in [-0.39, 0.29) is 0 Å². The molecule has 31 heavy (non-hydrogen) atoms. The Kier molecular flexibility index (Phi) is 4.18. The number of halogens is 3. The van der Waals surface area contributed by atoms with Crippen molar-refractivity contribution in [1.82, 2.24) is 4.98 Å². The Balaban J connectivity index is 1.84. The highest BCUT2D eigenvalue weighted by atomic mass is 32.1. The lowest BCUT2D eigenvalue weighted by molar-refractivity contribution is -0.137. The molecule has 4 aromatic rings. The summed E-state index contributed by atoms with van der Waals surface area (Å²) < 4.78 is 41.0. The minimum Gasteiger partial charge on any atom is -0.235 e. The standard InChI is InChI=1S/C24H10F3N3S/c25-24(26,27)14-6-8-16-18(10-14)17-9-13(11-28)5-7-15(17)22(16)19(12-29)23-30-20-3-1-2-4-21(20)31-23/h1-10H/b22-19-. The molecule has 3 nitrogen and oxygen atoms in total. The molecule has 3 aromatic carbocycles. The second-order valence-corrected chi connectivity index (χ2v) is 8.01. The van der Waals surface area contributed by atoms with Gasteiger partial charge in [0.2, 0.25) is 0 Å². The number of allylic oxidation sites excluding steroid dienone is 1. The van der Waals surface area contributed by atoms with E-state index in [9.17, 15) is 23.7 Å². The average molecular weight is 429 g/mol. The molecule has 0 unspecified atom stereocenters. The minimum absolute atomic E-state index is 0.297. The third-order valence-electron chi connectivity index (χ3n) is 5.19. The maximum Gasteiger partial charge on any atom is 0.416 e. The Hall–Kier alpha value is -3.94. The SMILES string of the molecule is N#C/C(=C1\c2ccc(C#N)cc2-c2cc(C(F)(F)F)ccc21)c1nc2ccccc2s1. The van der Waals surface area contributed by atoms with Crippen LogP contribution in [0.1, 0.15) is 27.3 Å². The molecule has 0 bridgehead atoms. The van der Waals surface area contributed by atoms with Crippen LogP contribution in [0.5, 0.6) is 0 Å². The number of fused-ring (bicyclic) bond motifs is 4. The van der Waals surface area contributed by atoms with E-state index < -0.39 is 11.7 Å². The summed E-state index contributed by atoms with van der Waals surface area (Å²) in [6, 6.07) is 20.1. The Morgan fingerprint density at radius 1 is 0.871 bits per heavy atom. The highest BCUT2D eigenvalue weighted by Crippen LogP contribution is 2.49. The molecule has 148 valence electrons. The summed E-state index contributed by atoms with van der Waals surface area (Å²) in [5.41, 5.74) is 3.13. The number of alkyl halides is 3. The summed E-state index contributed by atoms with van der Waals surface area (Å²) in [5, 5.41) is 19.8. The van der Waals surface area contributed by atoms with Crippen LogP contribution in [0.15, 0.2) is 60.7 Å². The molecule has 5 rings (SSSR count). The molecule has 1 aliphatic rings. The molecular weight excluding hydrogens is 419 g/mol. The fourth-order valence-electron chi connectivity index (χ4n) is 3.82. The monoisotopic (exact) mass is 429 g/mol. The quantitative estimate of drug-likeness (QED) is 0.280. The van der Waals surface area contributed by atoms with Crippen LogP contribution in [0.3, 0.4) is 0 Å². The third kappa shape index (κ3) is 2.99. The van der Waals surface area contributed by atoms with Crippen molar-refractivity contribution in [1.29, 1.82) is 10.5 Å². The van der Waals surface area contributed by atoms with Crippen molar-refractivity contribution in [2.75, 3.05) is 0 Å². The number of hydrogen-bond donors (Lipinski definition) is 0. The van der Waals surface area contributed by atoms with E-state index in [4.69, 9.17) is 0 Å². The van der Waals surface area contributed by atoms with E-state index in [0.717, 1.165) is 22.3 Å². The van der Waals surface area contributed by atoms with Gasteiger partial charge in [-0.1, -0.05) is 24.3 Å². The number of nitriles is 2. The number of rotatable bonds is 1. The van der Waals surface area contributed by atoms with Crippen molar-refractivity contribution in [2.24, 2.45) is 0 Å². The van der Waals surface area contributed by atoms with Crippen molar-refractivity contribution in [3.8, 4) is 23.3 Å². The van der Waals surface area contributed by atoms with Crippen LogP contribution in [0.4, 0.5) is 13.2 Å². The van der Waals surface area contributed by atoms with Gasteiger partial charge < -0.3 is 0 Å². The molecule has 0 radical (unpaired) electrons. The largest absolute Gasteiger partial charge is 0.416 e. The highest BCUT2D eigenvalue weighted by molar-refractivity contribution is 7.19. The van der Waals surface area contributed by atoms with E-state index in [0.29, 0.717) is 44.0 Å². The average Bonchev–Trinajstić information content (AvgIpc) is 3.33. The van der Waals surface area contributed by atoms with Crippen molar-refractivity contribution >= 4 is 32.7 Å². The minimum atomic E-state index is -4.50. The van der Waals surface area contributed by atoms with E-state index in [1.54, 1.807) is 18.2 Å². The normalized spacial score (nSPS) is 14.0. The zero-order chi connectivity index (χ0) is 21.8. The summed E-state index contributed by atoms with van der Waals surface area (Å²) in [7, 11) is 0. The van der Waals surface area contributed by atoms with Crippen LogP contribution < -0.4 is 0 Å². The molecule has 0 saturated carbocycles. The molecular formula is C24H10F3N3S. The Morgan fingerprint density at radius 2 is 1.58 bits per heavy atom. The van der Waals surface area contributed by atoms with Gasteiger partial charge in [-0.25, -0.2) is 4.98 Å². The molecule has 0 N–H and O–H groups in total. The molecule has 0 fully saturated rings. The van der Waals surface area contributed by atoms with Gasteiger partial charge in [0.15, 0.2) is 0 Å². The molecule has 0 aliphatic heterocycles. The molecule has 1 aliphatic carbocycles. The predicted molar refractivity (Wildman–Crippen MR) is 113 cm³/mol.